The minimum atomic E-state index is -1.11. The fourth-order valence-electron chi connectivity index (χ4n) is 11.3. The van der Waals surface area contributed by atoms with Crippen LogP contribution >= 0.6 is 11.3 Å². The molecule has 5 aliphatic rings. The van der Waals surface area contributed by atoms with Gasteiger partial charge in [-0.2, -0.15) is 5.10 Å². The number of ether oxygens (including phenoxy) is 1. The van der Waals surface area contributed by atoms with Gasteiger partial charge in [-0.1, -0.05) is 42.5 Å². The Bertz CT molecular complexity index is 2470. The van der Waals surface area contributed by atoms with Crippen LogP contribution in [0, 0.1) is 29.1 Å². The molecule has 0 aliphatic heterocycles. The van der Waals surface area contributed by atoms with E-state index in [0.29, 0.717) is 44.3 Å². The summed E-state index contributed by atoms with van der Waals surface area (Å²) in [6.07, 6.45) is 10.7. The van der Waals surface area contributed by atoms with Crippen LogP contribution in [0.2, 0.25) is 0 Å². The van der Waals surface area contributed by atoms with Crippen LogP contribution in [0.15, 0.2) is 73.1 Å². The van der Waals surface area contributed by atoms with E-state index in [0.717, 1.165) is 51.8 Å². The number of methoxy groups -OCH3 is 1. The number of aromatic carboxylic acids is 1. The highest BCUT2D eigenvalue weighted by Crippen LogP contribution is 2.84. The maximum atomic E-state index is 13.5. The molecule has 5 aliphatic carbocycles. The van der Waals surface area contributed by atoms with Gasteiger partial charge in [0.15, 0.2) is 10.8 Å². The van der Waals surface area contributed by atoms with Crippen molar-refractivity contribution in [2.45, 2.75) is 64.5 Å². The highest BCUT2D eigenvalue weighted by atomic mass is 32.1. The third kappa shape index (κ3) is 4.71. The van der Waals surface area contributed by atoms with E-state index in [4.69, 9.17) is 14.8 Å². The Hall–Kier alpha value is -5.00. The van der Waals surface area contributed by atoms with Crippen molar-refractivity contribution in [3.63, 3.8) is 0 Å². The van der Waals surface area contributed by atoms with Gasteiger partial charge in [0, 0.05) is 47.8 Å². The number of nitrogens with zero attached hydrogens (tertiary/aromatic N) is 5. The average molecular weight is 711 g/mol. The molecule has 11 rings (SSSR count). The van der Waals surface area contributed by atoms with Crippen LogP contribution in [0.3, 0.4) is 0 Å². The molecule has 1 amide bonds. The van der Waals surface area contributed by atoms with E-state index in [2.05, 4.69) is 26.9 Å². The van der Waals surface area contributed by atoms with Crippen LogP contribution in [-0.2, 0) is 11.3 Å². The summed E-state index contributed by atoms with van der Waals surface area (Å²) in [6, 6.07) is 18.7. The Labute approximate surface area is 304 Å². The SMILES string of the molecule is COC12CC3(C)CC4(CC4C(Cn4ncc(-c5ccc(-c6ccc7cccc(C(=O)Nc8nc9cccnc9s8)c7c6)nc5C(=O)O)c4C)(C3)C1)C2. The number of pyridine rings is 2. The number of amides is 1. The van der Waals surface area contributed by atoms with Crippen LogP contribution < -0.4 is 5.32 Å². The summed E-state index contributed by atoms with van der Waals surface area (Å²) in [5.74, 6) is -0.690. The lowest BCUT2D eigenvalue weighted by molar-refractivity contribution is -0.215. The molecule has 10 nitrogen and oxygen atoms in total. The Morgan fingerprint density at radius 2 is 1.90 bits per heavy atom. The standard InChI is InChI=1S/C41H38N6O4S/c1-23-29(16-43-47(23)22-40-18-38(2)17-39(15-32(39)40)20-41(19-38,21-40)51-3)26-11-12-30(44-33(26)36(49)50)25-10-9-24-6-4-7-27(28(24)14-25)34(48)46-37-45-31-8-5-13-42-35(31)52-37/h4-14,16,32H,15,17-22H2,1-3H3,(H,49,50)(H,45,46,48). The molecule has 262 valence electrons. The summed E-state index contributed by atoms with van der Waals surface area (Å²) in [5.41, 5.74) is 5.47. The summed E-state index contributed by atoms with van der Waals surface area (Å²) < 4.78 is 8.43. The van der Waals surface area contributed by atoms with Gasteiger partial charge in [0.2, 0.25) is 0 Å². The van der Waals surface area contributed by atoms with Crippen LogP contribution in [0.5, 0.6) is 0 Å². The lowest BCUT2D eigenvalue weighted by atomic mass is 9.43. The van der Waals surface area contributed by atoms with E-state index in [1.54, 1.807) is 18.5 Å². The minimum absolute atomic E-state index is 0.0301. The molecular weight excluding hydrogens is 673 g/mol. The minimum Gasteiger partial charge on any atom is -0.476 e. The van der Waals surface area contributed by atoms with Crippen LogP contribution in [0.1, 0.15) is 72.0 Å². The molecule has 0 saturated heterocycles. The topological polar surface area (TPSA) is 132 Å². The number of benzene rings is 2. The normalized spacial score (nSPS) is 28.3. The zero-order valence-electron chi connectivity index (χ0n) is 29.3. The summed E-state index contributed by atoms with van der Waals surface area (Å²) in [7, 11) is 1.90. The van der Waals surface area contributed by atoms with Gasteiger partial charge in [-0.25, -0.2) is 19.7 Å². The predicted octanol–water partition coefficient (Wildman–Crippen LogP) is 8.40. The zero-order valence-corrected chi connectivity index (χ0v) is 30.1. The number of fused-ring (bicyclic) bond motifs is 2. The van der Waals surface area contributed by atoms with Crippen molar-refractivity contribution in [3.8, 4) is 22.4 Å². The second-order valence-corrected chi connectivity index (χ2v) is 17.3. The molecule has 5 saturated carbocycles. The van der Waals surface area contributed by atoms with Crippen molar-refractivity contribution in [1.82, 2.24) is 24.7 Å². The van der Waals surface area contributed by atoms with E-state index >= 15 is 0 Å². The third-order valence-corrected chi connectivity index (χ3v) is 13.7. The fraction of sp³-hybridized carbons (Fsp3) is 0.366. The Kier molecular flexibility index (Phi) is 6.57. The first-order chi connectivity index (χ1) is 25.0. The lowest BCUT2D eigenvalue weighted by Crippen LogP contribution is -2.61. The molecule has 4 heterocycles. The first kappa shape index (κ1) is 31.7. The van der Waals surface area contributed by atoms with Crippen molar-refractivity contribution in [2.75, 3.05) is 12.4 Å². The summed E-state index contributed by atoms with van der Waals surface area (Å²) in [5, 5.41) is 20.3. The van der Waals surface area contributed by atoms with Crippen molar-refractivity contribution < 1.29 is 19.4 Å². The Balaban J connectivity index is 0.962. The number of aromatic nitrogens is 5. The number of hydrogen-bond donors (Lipinski definition) is 2. The molecule has 11 heteroatoms. The molecule has 52 heavy (non-hydrogen) atoms. The highest BCUT2D eigenvalue weighted by molar-refractivity contribution is 7.22. The van der Waals surface area contributed by atoms with Crippen molar-refractivity contribution in [2.24, 2.45) is 22.2 Å². The van der Waals surface area contributed by atoms with Crippen LogP contribution in [0.25, 0.3) is 43.5 Å². The van der Waals surface area contributed by atoms with E-state index in [1.807, 2.05) is 68.6 Å². The number of carbonyl (C=O) groups excluding carboxylic acids is 1. The molecule has 5 fully saturated rings. The van der Waals surface area contributed by atoms with Gasteiger partial charge >= 0.3 is 5.97 Å². The van der Waals surface area contributed by atoms with Crippen molar-refractivity contribution in [3.05, 3.63) is 90.0 Å². The first-order valence-corrected chi connectivity index (χ1v) is 18.7. The Morgan fingerprint density at radius 3 is 2.73 bits per heavy atom. The van der Waals surface area contributed by atoms with E-state index in [-0.39, 0.29) is 22.6 Å². The molecule has 5 unspecified atom stereocenters. The number of carboxylic acids is 1. The monoisotopic (exact) mass is 710 g/mol. The number of nitrogens with one attached hydrogen (secondary N) is 1. The molecule has 4 bridgehead atoms. The summed E-state index contributed by atoms with van der Waals surface area (Å²) in [4.78, 5) is 40.6. The number of carboxylic acid groups (broad SMARTS) is 1. The number of hydrogen-bond acceptors (Lipinski definition) is 8. The quantitative estimate of drug-likeness (QED) is 0.161. The van der Waals surface area contributed by atoms with Gasteiger partial charge in [0.25, 0.3) is 5.91 Å². The molecule has 2 N–H and O–H groups in total. The van der Waals surface area contributed by atoms with Gasteiger partial charge in [-0.05, 0) is 115 Å². The Morgan fingerprint density at radius 1 is 1.02 bits per heavy atom. The van der Waals surface area contributed by atoms with E-state index in [9.17, 15) is 14.7 Å². The lowest BCUT2D eigenvalue weighted by Gasteiger charge is -2.65. The van der Waals surface area contributed by atoms with Gasteiger partial charge in [-0.3, -0.25) is 14.8 Å². The number of rotatable bonds is 8. The van der Waals surface area contributed by atoms with Gasteiger partial charge in [0.1, 0.15) is 10.3 Å². The average Bonchev–Trinajstić information content (AvgIpc) is 3.50. The molecule has 0 radical (unpaired) electrons. The summed E-state index contributed by atoms with van der Waals surface area (Å²) in [6.45, 7) is 5.33. The second kappa shape index (κ2) is 10.8. The number of carbonyl (C=O) groups is 2. The van der Waals surface area contributed by atoms with E-state index < -0.39 is 5.97 Å². The van der Waals surface area contributed by atoms with Gasteiger partial charge < -0.3 is 9.84 Å². The van der Waals surface area contributed by atoms with Crippen LogP contribution in [0.4, 0.5) is 5.13 Å². The molecule has 4 aromatic heterocycles. The first-order valence-electron chi connectivity index (χ1n) is 17.9. The second-order valence-electron chi connectivity index (χ2n) is 16.3. The van der Waals surface area contributed by atoms with E-state index in [1.165, 1.54) is 37.0 Å². The number of thiazole rings is 1. The summed E-state index contributed by atoms with van der Waals surface area (Å²) >= 11 is 1.32. The highest BCUT2D eigenvalue weighted by Gasteiger charge is 2.78. The predicted molar refractivity (Wildman–Crippen MR) is 199 cm³/mol. The largest absolute Gasteiger partial charge is 0.476 e. The maximum Gasteiger partial charge on any atom is 0.355 e. The molecule has 1 spiro atoms. The van der Waals surface area contributed by atoms with Crippen LogP contribution in [-0.4, -0.2) is 54.4 Å². The molecule has 6 aromatic rings. The van der Waals surface area contributed by atoms with Gasteiger partial charge in [-0.15, -0.1) is 0 Å². The maximum absolute atomic E-state index is 13.5. The molecule has 5 atom stereocenters. The van der Waals surface area contributed by atoms with Crippen molar-refractivity contribution >= 4 is 49.5 Å². The molecular formula is C41H38N6O4S. The van der Waals surface area contributed by atoms with Gasteiger partial charge in [0.05, 0.1) is 17.5 Å². The smallest absolute Gasteiger partial charge is 0.355 e. The van der Waals surface area contributed by atoms with Crippen molar-refractivity contribution in [1.29, 1.82) is 0 Å². The zero-order chi connectivity index (χ0) is 35.6. The molecule has 2 aromatic carbocycles. The number of anilines is 1. The third-order valence-electron chi connectivity index (χ3n) is 12.8. The fourth-order valence-corrected chi connectivity index (χ4v) is 12.1.